The van der Waals surface area contributed by atoms with Crippen molar-refractivity contribution in [2.24, 2.45) is 0 Å². The van der Waals surface area contributed by atoms with E-state index in [0.29, 0.717) is 6.54 Å². The number of carbonyl (C=O) groups is 1. The summed E-state index contributed by atoms with van der Waals surface area (Å²) in [6.45, 7) is 0.750. The van der Waals surface area contributed by atoms with E-state index < -0.39 is 0 Å². The van der Waals surface area contributed by atoms with Gasteiger partial charge < -0.3 is 9.88 Å². The van der Waals surface area contributed by atoms with Gasteiger partial charge >= 0.3 is 0 Å². The van der Waals surface area contributed by atoms with Crippen molar-refractivity contribution in [2.45, 2.75) is 13.1 Å². The largest absolute Gasteiger partial charge is 0.350 e. The summed E-state index contributed by atoms with van der Waals surface area (Å²) in [7, 11) is 0. The summed E-state index contributed by atoms with van der Waals surface area (Å²) in [6, 6.07) is 11.5. The predicted octanol–water partition coefficient (Wildman–Crippen LogP) is 1.75. The molecule has 20 heavy (non-hydrogen) atoms. The fourth-order valence-electron chi connectivity index (χ4n) is 2.05. The molecule has 5 heteroatoms. The first-order valence-electron chi connectivity index (χ1n) is 6.38. The van der Waals surface area contributed by atoms with Gasteiger partial charge in [0.15, 0.2) is 0 Å². The molecular weight excluding hydrogens is 252 g/mol. The molecular formula is C15H14N4O. The molecule has 2 aromatic heterocycles. The first-order chi connectivity index (χ1) is 9.83. The Bertz CT molecular complexity index is 721. The van der Waals surface area contributed by atoms with Crippen molar-refractivity contribution < 1.29 is 4.79 Å². The van der Waals surface area contributed by atoms with Gasteiger partial charge in [-0.1, -0.05) is 18.2 Å². The van der Waals surface area contributed by atoms with Gasteiger partial charge in [0, 0.05) is 18.9 Å². The zero-order chi connectivity index (χ0) is 13.8. The molecule has 0 bridgehead atoms. The minimum absolute atomic E-state index is 0.0444. The van der Waals surface area contributed by atoms with E-state index in [-0.39, 0.29) is 12.5 Å². The van der Waals surface area contributed by atoms with Gasteiger partial charge in [0.2, 0.25) is 5.91 Å². The fraction of sp³-hybridized carbons (Fsp3) is 0.133. The number of rotatable bonds is 4. The number of pyridine rings is 1. The van der Waals surface area contributed by atoms with Crippen LogP contribution in [0.2, 0.25) is 0 Å². The summed E-state index contributed by atoms with van der Waals surface area (Å²) in [6.07, 6.45) is 5.14. The highest BCUT2D eigenvalue weighted by molar-refractivity contribution is 5.80. The molecule has 0 aliphatic rings. The number of fused-ring (bicyclic) bond motifs is 1. The number of benzene rings is 1. The average molecular weight is 266 g/mol. The Labute approximate surface area is 116 Å². The monoisotopic (exact) mass is 266 g/mol. The van der Waals surface area contributed by atoms with Crippen LogP contribution in [0.3, 0.4) is 0 Å². The van der Waals surface area contributed by atoms with E-state index >= 15 is 0 Å². The summed E-state index contributed by atoms with van der Waals surface area (Å²) in [4.78, 5) is 20.2. The fourth-order valence-corrected chi connectivity index (χ4v) is 2.05. The van der Waals surface area contributed by atoms with Crippen LogP contribution in [0, 0.1) is 0 Å². The van der Waals surface area contributed by atoms with E-state index in [0.717, 1.165) is 16.6 Å². The maximum atomic E-state index is 11.9. The molecule has 0 aliphatic carbocycles. The standard InChI is InChI=1S/C15H14N4O/c20-15(17-9-12-4-3-7-16-8-12)10-19-11-18-13-5-1-2-6-14(13)19/h1-8,11H,9-10H2,(H,17,20). The third-order valence-electron chi connectivity index (χ3n) is 3.05. The van der Waals surface area contributed by atoms with Gasteiger partial charge in [0.05, 0.1) is 17.4 Å². The minimum atomic E-state index is -0.0444. The summed E-state index contributed by atoms with van der Waals surface area (Å²) < 4.78 is 1.84. The van der Waals surface area contributed by atoms with Crippen molar-refractivity contribution in [3.8, 4) is 0 Å². The molecule has 0 saturated carbocycles. The van der Waals surface area contributed by atoms with Crippen LogP contribution in [-0.4, -0.2) is 20.4 Å². The molecule has 3 rings (SSSR count). The number of aromatic nitrogens is 3. The first-order valence-corrected chi connectivity index (χ1v) is 6.38. The highest BCUT2D eigenvalue weighted by Crippen LogP contribution is 2.11. The molecule has 0 unspecified atom stereocenters. The molecule has 0 atom stereocenters. The second-order valence-corrected chi connectivity index (χ2v) is 4.50. The van der Waals surface area contributed by atoms with Gasteiger partial charge in [-0.05, 0) is 23.8 Å². The lowest BCUT2D eigenvalue weighted by molar-refractivity contribution is -0.121. The zero-order valence-electron chi connectivity index (χ0n) is 10.9. The Morgan fingerprint density at radius 1 is 1.20 bits per heavy atom. The lowest BCUT2D eigenvalue weighted by Gasteiger charge is -2.06. The van der Waals surface area contributed by atoms with Gasteiger partial charge in [0.1, 0.15) is 6.54 Å². The Morgan fingerprint density at radius 3 is 2.95 bits per heavy atom. The van der Waals surface area contributed by atoms with Crippen LogP contribution in [0.15, 0.2) is 55.1 Å². The number of imidazole rings is 1. The molecule has 1 aromatic carbocycles. The molecule has 0 spiro atoms. The number of hydrogen-bond donors (Lipinski definition) is 1. The molecule has 0 aliphatic heterocycles. The minimum Gasteiger partial charge on any atom is -0.350 e. The second kappa shape index (κ2) is 5.52. The summed E-state index contributed by atoms with van der Waals surface area (Å²) in [5, 5.41) is 2.87. The van der Waals surface area contributed by atoms with Gasteiger partial charge in [-0.2, -0.15) is 0 Å². The zero-order valence-corrected chi connectivity index (χ0v) is 10.9. The number of nitrogens with one attached hydrogen (secondary N) is 1. The van der Waals surface area contributed by atoms with E-state index in [2.05, 4.69) is 15.3 Å². The van der Waals surface area contributed by atoms with Crippen LogP contribution >= 0.6 is 0 Å². The molecule has 5 nitrogen and oxygen atoms in total. The lowest BCUT2D eigenvalue weighted by Crippen LogP contribution is -2.26. The van der Waals surface area contributed by atoms with Gasteiger partial charge in [-0.25, -0.2) is 4.98 Å². The van der Waals surface area contributed by atoms with Crippen molar-refractivity contribution in [1.82, 2.24) is 19.9 Å². The Morgan fingerprint density at radius 2 is 2.10 bits per heavy atom. The van der Waals surface area contributed by atoms with Crippen molar-refractivity contribution in [3.05, 3.63) is 60.7 Å². The summed E-state index contributed by atoms with van der Waals surface area (Å²) >= 11 is 0. The van der Waals surface area contributed by atoms with Crippen LogP contribution in [-0.2, 0) is 17.9 Å². The predicted molar refractivity (Wildman–Crippen MR) is 75.8 cm³/mol. The summed E-state index contributed by atoms with van der Waals surface area (Å²) in [5.74, 6) is -0.0444. The lowest BCUT2D eigenvalue weighted by atomic mass is 10.3. The quantitative estimate of drug-likeness (QED) is 0.782. The van der Waals surface area contributed by atoms with Crippen LogP contribution in [0.4, 0.5) is 0 Å². The molecule has 3 aromatic rings. The van der Waals surface area contributed by atoms with Crippen LogP contribution in [0.25, 0.3) is 11.0 Å². The van der Waals surface area contributed by atoms with E-state index in [1.165, 1.54) is 0 Å². The van der Waals surface area contributed by atoms with Crippen molar-refractivity contribution in [2.75, 3.05) is 0 Å². The molecule has 1 amide bonds. The molecule has 0 saturated heterocycles. The number of amides is 1. The molecule has 2 heterocycles. The van der Waals surface area contributed by atoms with Gasteiger partial charge in [-0.3, -0.25) is 9.78 Å². The molecule has 1 N–H and O–H groups in total. The van der Waals surface area contributed by atoms with Gasteiger partial charge in [0.25, 0.3) is 0 Å². The van der Waals surface area contributed by atoms with E-state index in [1.54, 1.807) is 18.7 Å². The van der Waals surface area contributed by atoms with Crippen molar-refractivity contribution in [3.63, 3.8) is 0 Å². The molecule has 0 radical (unpaired) electrons. The second-order valence-electron chi connectivity index (χ2n) is 4.50. The molecule has 100 valence electrons. The highest BCUT2D eigenvalue weighted by atomic mass is 16.1. The summed E-state index contributed by atoms with van der Waals surface area (Å²) in [5.41, 5.74) is 2.84. The average Bonchev–Trinajstić information content (AvgIpc) is 2.90. The highest BCUT2D eigenvalue weighted by Gasteiger charge is 2.06. The molecule has 0 fully saturated rings. The smallest absolute Gasteiger partial charge is 0.240 e. The number of carbonyl (C=O) groups excluding carboxylic acids is 1. The van der Waals surface area contributed by atoms with Crippen molar-refractivity contribution in [1.29, 1.82) is 0 Å². The Balaban J connectivity index is 1.64. The Kier molecular flexibility index (Phi) is 3.41. The van der Waals surface area contributed by atoms with Crippen LogP contribution in [0.5, 0.6) is 0 Å². The number of nitrogens with zero attached hydrogens (tertiary/aromatic N) is 3. The maximum absolute atomic E-state index is 11.9. The third-order valence-corrected chi connectivity index (χ3v) is 3.05. The normalized spacial score (nSPS) is 10.6. The SMILES string of the molecule is O=C(Cn1cnc2ccccc21)NCc1cccnc1. The van der Waals surface area contributed by atoms with Crippen LogP contribution < -0.4 is 5.32 Å². The number of para-hydroxylation sites is 2. The third kappa shape index (κ3) is 2.66. The van der Waals surface area contributed by atoms with E-state index in [9.17, 15) is 4.79 Å². The van der Waals surface area contributed by atoms with E-state index in [1.807, 2.05) is 41.0 Å². The maximum Gasteiger partial charge on any atom is 0.240 e. The van der Waals surface area contributed by atoms with Gasteiger partial charge in [-0.15, -0.1) is 0 Å². The van der Waals surface area contributed by atoms with Crippen LogP contribution in [0.1, 0.15) is 5.56 Å². The number of hydrogen-bond acceptors (Lipinski definition) is 3. The van der Waals surface area contributed by atoms with E-state index in [4.69, 9.17) is 0 Å². The Hall–Kier alpha value is -2.69. The first kappa shape index (κ1) is 12.3. The topological polar surface area (TPSA) is 59.8 Å². The van der Waals surface area contributed by atoms with Crippen molar-refractivity contribution >= 4 is 16.9 Å².